The van der Waals surface area contributed by atoms with Gasteiger partial charge in [-0.2, -0.15) is 0 Å². The largest absolute Gasteiger partial charge is 0.493 e. The third-order valence-electron chi connectivity index (χ3n) is 3.12. The lowest BCUT2D eigenvalue weighted by Gasteiger charge is -2.34. The first-order valence-electron chi connectivity index (χ1n) is 6.46. The number of carbonyl (C=O) groups is 1. The topological polar surface area (TPSA) is 59.0 Å². The SMILES string of the molecule is COc1cccc(CN(CC(=O)O)C(C)(C)C)c1OC. The molecular formula is C15H23NO4. The molecule has 0 aliphatic carbocycles. The number of benzene rings is 1. The van der Waals surface area contributed by atoms with E-state index in [9.17, 15) is 4.79 Å². The molecule has 0 aliphatic heterocycles. The first-order valence-corrected chi connectivity index (χ1v) is 6.46. The van der Waals surface area contributed by atoms with E-state index in [1.54, 1.807) is 14.2 Å². The molecule has 0 spiro atoms. The Kier molecular flexibility index (Phi) is 5.39. The van der Waals surface area contributed by atoms with Gasteiger partial charge >= 0.3 is 5.97 Å². The van der Waals surface area contributed by atoms with E-state index in [0.717, 1.165) is 5.56 Å². The number of hydrogen-bond donors (Lipinski definition) is 1. The highest BCUT2D eigenvalue weighted by atomic mass is 16.5. The quantitative estimate of drug-likeness (QED) is 0.867. The van der Waals surface area contributed by atoms with Gasteiger partial charge in [0.1, 0.15) is 0 Å². The van der Waals surface area contributed by atoms with Gasteiger partial charge in [-0.05, 0) is 26.8 Å². The van der Waals surface area contributed by atoms with Crippen LogP contribution in [0.1, 0.15) is 26.3 Å². The van der Waals surface area contributed by atoms with Crippen molar-refractivity contribution in [2.45, 2.75) is 32.9 Å². The molecule has 0 saturated heterocycles. The second-order valence-electron chi connectivity index (χ2n) is 5.57. The van der Waals surface area contributed by atoms with Gasteiger partial charge in [0.25, 0.3) is 0 Å². The summed E-state index contributed by atoms with van der Waals surface area (Å²) in [4.78, 5) is 12.9. The van der Waals surface area contributed by atoms with Gasteiger partial charge in [0, 0.05) is 17.6 Å². The highest BCUT2D eigenvalue weighted by Crippen LogP contribution is 2.32. The summed E-state index contributed by atoms with van der Waals surface area (Å²) in [6.07, 6.45) is 0. The maximum absolute atomic E-state index is 11.0. The molecule has 1 aromatic rings. The van der Waals surface area contributed by atoms with Crippen LogP contribution in [0, 0.1) is 0 Å². The molecule has 0 unspecified atom stereocenters. The molecule has 0 aliphatic rings. The zero-order chi connectivity index (χ0) is 15.3. The number of ether oxygens (including phenoxy) is 2. The summed E-state index contributed by atoms with van der Waals surface area (Å²) in [5.41, 5.74) is 0.648. The summed E-state index contributed by atoms with van der Waals surface area (Å²) < 4.78 is 10.7. The average molecular weight is 281 g/mol. The van der Waals surface area contributed by atoms with Crippen LogP contribution in [0.25, 0.3) is 0 Å². The molecule has 0 saturated carbocycles. The van der Waals surface area contributed by atoms with Gasteiger partial charge in [0.05, 0.1) is 20.8 Å². The lowest BCUT2D eigenvalue weighted by molar-refractivity contribution is -0.139. The van der Waals surface area contributed by atoms with E-state index >= 15 is 0 Å². The number of rotatable bonds is 6. The summed E-state index contributed by atoms with van der Waals surface area (Å²) in [5, 5.41) is 9.05. The smallest absolute Gasteiger partial charge is 0.317 e. The van der Waals surface area contributed by atoms with E-state index in [0.29, 0.717) is 18.0 Å². The van der Waals surface area contributed by atoms with E-state index < -0.39 is 5.97 Å². The van der Waals surface area contributed by atoms with Crippen molar-refractivity contribution >= 4 is 5.97 Å². The predicted molar refractivity (Wildman–Crippen MR) is 77.3 cm³/mol. The zero-order valence-electron chi connectivity index (χ0n) is 12.8. The Hall–Kier alpha value is -1.75. The minimum Gasteiger partial charge on any atom is -0.493 e. The number of carboxylic acids is 1. The molecule has 1 N–H and O–H groups in total. The first kappa shape index (κ1) is 16.3. The lowest BCUT2D eigenvalue weighted by Crippen LogP contribution is -2.43. The third kappa shape index (κ3) is 4.13. The first-order chi connectivity index (χ1) is 9.29. The van der Waals surface area contributed by atoms with Crippen LogP contribution >= 0.6 is 0 Å². The summed E-state index contributed by atoms with van der Waals surface area (Å²) in [7, 11) is 3.17. The Morgan fingerprint density at radius 2 is 1.90 bits per heavy atom. The summed E-state index contributed by atoms with van der Waals surface area (Å²) in [6, 6.07) is 5.61. The molecule has 0 aromatic heterocycles. The lowest BCUT2D eigenvalue weighted by atomic mass is 10.0. The molecule has 0 heterocycles. The second kappa shape index (κ2) is 6.61. The van der Waals surface area contributed by atoms with Crippen molar-refractivity contribution in [3.8, 4) is 11.5 Å². The van der Waals surface area contributed by atoms with Gasteiger partial charge in [0.2, 0.25) is 0 Å². The molecule has 112 valence electrons. The number of hydrogen-bond acceptors (Lipinski definition) is 4. The van der Waals surface area contributed by atoms with E-state index in [2.05, 4.69) is 0 Å². The molecular weight excluding hydrogens is 258 g/mol. The molecule has 1 aromatic carbocycles. The van der Waals surface area contributed by atoms with Gasteiger partial charge in [-0.25, -0.2) is 0 Å². The van der Waals surface area contributed by atoms with Crippen LogP contribution < -0.4 is 9.47 Å². The van der Waals surface area contributed by atoms with Crippen LogP contribution in [0.4, 0.5) is 0 Å². The Morgan fingerprint density at radius 1 is 1.25 bits per heavy atom. The molecule has 0 radical (unpaired) electrons. The Balaban J connectivity index is 3.08. The Bertz CT molecular complexity index is 465. The van der Waals surface area contributed by atoms with Gasteiger partial charge in [-0.1, -0.05) is 12.1 Å². The normalized spacial score (nSPS) is 11.5. The molecule has 0 atom stereocenters. The van der Waals surface area contributed by atoms with E-state index in [1.165, 1.54) is 0 Å². The van der Waals surface area contributed by atoms with E-state index in [4.69, 9.17) is 14.6 Å². The Morgan fingerprint density at radius 3 is 2.35 bits per heavy atom. The fourth-order valence-corrected chi connectivity index (χ4v) is 1.98. The molecule has 0 fully saturated rings. The minimum absolute atomic E-state index is 0.0239. The van der Waals surface area contributed by atoms with Crippen molar-refractivity contribution in [1.29, 1.82) is 0 Å². The second-order valence-corrected chi connectivity index (χ2v) is 5.57. The average Bonchev–Trinajstić information content (AvgIpc) is 2.35. The van der Waals surface area contributed by atoms with Crippen LogP contribution in [0.5, 0.6) is 11.5 Å². The molecule has 20 heavy (non-hydrogen) atoms. The van der Waals surface area contributed by atoms with Crippen molar-refractivity contribution in [3.63, 3.8) is 0 Å². The van der Waals surface area contributed by atoms with Crippen LogP contribution in [0.15, 0.2) is 18.2 Å². The highest BCUT2D eigenvalue weighted by Gasteiger charge is 2.25. The number of methoxy groups -OCH3 is 2. The summed E-state index contributed by atoms with van der Waals surface area (Å²) in [6.45, 7) is 6.42. The minimum atomic E-state index is -0.846. The molecule has 5 nitrogen and oxygen atoms in total. The number of para-hydroxylation sites is 1. The van der Waals surface area contributed by atoms with Gasteiger partial charge in [-0.15, -0.1) is 0 Å². The number of carboxylic acid groups (broad SMARTS) is 1. The highest BCUT2D eigenvalue weighted by molar-refractivity contribution is 5.69. The number of aliphatic carboxylic acids is 1. The fraction of sp³-hybridized carbons (Fsp3) is 0.533. The van der Waals surface area contributed by atoms with Crippen molar-refractivity contribution in [3.05, 3.63) is 23.8 Å². The van der Waals surface area contributed by atoms with Gasteiger partial charge < -0.3 is 14.6 Å². The maximum atomic E-state index is 11.0. The molecule has 0 amide bonds. The van der Waals surface area contributed by atoms with Gasteiger partial charge in [-0.3, -0.25) is 9.69 Å². The molecule has 5 heteroatoms. The zero-order valence-corrected chi connectivity index (χ0v) is 12.8. The standard InChI is InChI=1S/C15H23NO4/c1-15(2,3)16(10-13(17)18)9-11-7-6-8-12(19-4)14(11)20-5/h6-8H,9-10H2,1-5H3,(H,17,18). The number of nitrogens with zero attached hydrogens (tertiary/aromatic N) is 1. The Labute approximate surface area is 120 Å². The third-order valence-corrected chi connectivity index (χ3v) is 3.12. The van der Waals surface area contributed by atoms with E-state index in [-0.39, 0.29) is 12.1 Å². The van der Waals surface area contributed by atoms with Crippen molar-refractivity contribution in [2.75, 3.05) is 20.8 Å². The fourth-order valence-electron chi connectivity index (χ4n) is 1.98. The van der Waals surface area contributed by atoms with Crippen LogP contribution in [-0.2, 0) is 11.3 Å². The van der Waals surface area contributed by atoms with Crippen molar-refractivity contribution < 1.29 is 19.4 Å². The van der Waals surface area contributed by atoms with Crippen molar-refractivity contribution in [1.82, 2.24) is 4.90 Å². The van der Waals surface area contributed by atoms with Crippen LogP contribution in [-0.4, -0.2) is 42.3 Å². The van der Waals surface area contributed by atoms with Gasteiger partial charge in [0.15, 0.2) is 11.5 Å². The molecule has 1 rings (SSSR count). The molecule has 0 bridgehead atoms. The monoisotopic (exact) mass is 281 g/mol. The van der Waals surface area contributed by atoms with Crippen LogP contribution in [0.2, 0.25) is 0 Å². The van der Waals surface area contributed by atoms with E-state index in [1.807, 2.05) is 43.9 Å². The maximum Gasteiger partial charge on any atom is 0.317 e. The summed E-state index contributed by atoms with van der Waals surface area (Å²) >= 11 is 0. The predicted octanol–water partition coefficient (Wildman–Crippen LogP) is 2.39. The van der Waals surface area contributed by atoms with Crippen LogP contribution in [0.3, 0.4) is 0 Å². The van der Waals surface area contributed by atoms with Crippen molar-refractivity contribution in [2.24, 2.45) is 0 Å². The summed E-state index contributed by atoms with van der Waals surface area (Å²) in [5.74, 6) is 0.450.